The zero-order chi connectivity index (χ0) is 23.5. The van der Waals surface area contributed by atoms with Crippen LogP contribution in [0.5, 0.6) is 5.75 Å². The zero-order valence-electron chi connectivity index (χ0n) is 16.8. The number of aryl methyl sites for hydroxylation is 1. The van der Waals surface area contributed by atoms with Gasteiger partial charge < -0.3 is 10.1 Å². The zero-order valence-corrected chi connectivity index (χ0v) is 17.6. The van der Waals surface area contributed by atoms with Gasteiger partial charge in [0.25, 0.3) is 5.91 Å². The van der Waals surface area contributed by atoms with E-state index in [0.717, 1.165) is 23.3 Å². The van der Waals surface area contributed by atoms with E-state index >= 15 is 4.39 Å². The van der Waals surface area contributed by atoms with Crippen molar-refractivity contribution in [2.24, 2.45) is 0 Å². The third-order valence-electron chi connectivity index (χ3n) is 4.00. The largest absolute Gasteiger partial charge is 0.486 e. The van der Waals surface area contributed by atoms with Crippen LogP contribution in [0, 0.1) is 12.7 Å². The van der Waals surface area contributed by atoms with E-state index in [1.165, 1.54) is 24.3 Å². The van der Waals surface area contributed by atoms with Crippen LogP contribution in [0.4, 0.5) is 17.6 Å². The average Bonchev–Trinajstić information content (AvgIpc) is 3.16. The molecule has 2 heterocycles. The highest BCUT2D eigenvalue weighted by Crippen LogP contribution is 2.33. The van der Waals surface area contributed by atoms with Gasteiger partial charge in [-0.3, -0.25) is 9.59 Å². The van der Waals surface area contributed by atoms with E-state index in [-0.39, 0.29) is 41.4 Å². The quantitative estimate of drug-likeness (QED) is 0.528. The van der Waals surface area contributed by atoms with Crippen LogP contribution in [-0.2, 0) is 17.5 Å². The predicted molar refractivity (Wildman–Crippen MR) is 107 cm³/mol. The van der Waals surface area contributed by atoms with Gasteiger partial charge in [0, 0.05) is 35.6 Å². The van der Waals surface area contributed by atoms with Crippen LogP contribution in [0.25, 0.3) is 10.6 Å². The number of rotatable bonds is 7. The van der Waals surface area contributed by atoms with Crippen LogP contribution in [0.3, 0.4) is 0 Å². The Hall–Kier alpha value is -3.41. The molecular weight excluding hydrogens is 452 g/mol. The number of amides is 1. The monoisotopic (exact) mass is 468 g/mol. The molecule has 7 nitrogen and oxygen atoms in total. The van der Waals surface area contributed by atoms with Gasteiger partial charge in [-0.25, -0.2) is 19.3 Å². The van der Waals surface area contributed by atoms with Crippen molar-refractivity contribution in [3.63, 3.8) is 0 Å². The summed E-state index contributed by atoms with van der Waals surface area (Å²) in [6.07, 6.45) is -1.30. The SMILES string of the molecule is CC(=O)COc1cc(C(=O)NCc2cnc(C(F)(F)F)nc2)c(F)c(-c2ncc(C)s2)c1. The lowest BCUT2D eigenvalue weighted by atomic mass is 10.1. The number of carbonyl (C=O) groups excluding carboxylic acids is 2. The fourth-order valence-electron chi connectivity index (χ4n) is 2.54. The summed E-state index contributed by atoms with van der Waals surface area (Å²) >= 11 is 1.21. The highest BCUT2D eigenvalue weighted by atomic mass is 32.1. The number of thiazole rings is 1. The van der Waals surface area contributed by atoms with Gasteiger partial charge in [0.1, 0.15) is 23.2 Å². The molecule has 0 aliphatic carbocycles. The molecule has 0 aliphatic rings. The summed E-state index contributed by atoms with van der Waals surface area (Å²) in [4.78, 5) is 35.2. The van der Waals surface area contributed by atoms with Crippen molar-refractivity contribution in [2.45, 2.75) is 26.6 Å². The summed E-state index contributed by atoms with van der Waals surface area (Å²) in [5.74, 6) is -3.18. The van der Waals surface area contributed by atoms with Crippen molar-refractivity contribution in [3.05, 3.63) is 58.4 Å². The molecule has 0 saturated carbocycles. The predicted octanol–water partition coefficient (Wildman–Crippen LogP) is 3.96. The number of hydrogen-bond acceptors (Lipinski definition) is 7. The summed E-state index contributed by atoms with van der Waals surface area (Å²) in [5, 5.41) is 2.73. The maximum absolute atomic E-state index is 15.1. The number of hydrogen-bond donors (Lipinski definition) is 1. The molecule has 0 saturated heterocycles. The van der Waals surface area contributed by atoms with E-state index in [9.17, 15) is 22.8 Å². The first-order chi connectivity index (χ1) is 15.0. The molecule has 0 atom stereocenters. The number of benzene rings is 1. The fourth-order valence-corrected chi connectivity index (χ4v) is 3.31. The van der Waals surface area contributed by atoms with Crippen LogP contribution in [0.1, 0.15) is 33.5 Å². The third kappa shape index (κ3) is 5.63. The molecule has 2 aromatic heterocycles. The maximum atomic E-state index is 15.1. The average molecular weight is 468 g/mol. The number of aromatic nitrogens is 3. The smallest absolute Gasteiger partial charge is 0.451 e. The lowest BCUT2D eigenvalue weighted by Crippen LogP contribution is -2.24. The Morgan fingerprint density at radius 1 is 1.12 bits per heavy atom. The van der Waals surface area contributed by atoms with E-state index < -0.39 is 23.7 Å². The van der Waals surface area contributed by atoms with E-state index in [4.69, 9.17) is 4.74 Å². The topological polar surface area (TPSA) is 94.1 Å². The van der Waals surface area contributed by atoms with Gasteiger partial charge in [0.05, 0.1) is 11.1 Å². The normalized spacial score (nSPS) is 11.3. The third-order valence-corrected chi connectivity index (χ3v) is 4.94. The number of ether oxygens (including phenoxy) is 1. The molecule has 1 aromatic carbocycles. The van der Waals surface area contributed by atoms with Gasteiger partial charge in [0.15, 0.2) is 5.78 Å². The maximum Gasteiger partial charge on any atom is 0.451 e. The molecule has 0 unspecified atom stereocenters. The van der Waals surface area contributed by atoms with E-state index in [1.807, 2.05) is 0 Å². The lowest BCUT2D eigenvalue weighted by Gasteiger charge is -2.12. The summed E-state index contributed by atoms with van der Waals surface area (Å²) < 4.78 is 58.2. The second kappa shape index (κ2) is 9.39. The van der Waals surface area contributed by atoms with Gasteiger partial charge in [-0.2, -0.15) is 13.2 Å². The molecule has 0 spiro atoms. The van der Waals surface area contributed by atoms with Crippen molar-refractivity contribution < 1.29 is 31.9 Å². The van der Waals surface area contributed by atoms with Crippen LogP contribution < -0.4 is 10.1 Å². The Morgan fingerprint density at radius 3 is 2.38 bits per heavy atom. The van der Waals surface area contributed by atoms with E-state index in [0.29, 0.717) is 5.01 Å². The number of halogens is 4. The first-order valence-electron chi connectivity index (χ1n) is 9.09. The molecule has 12 heteroatoms. The van der Waals surface area contributed by atoms with Gasteiger partial charge in [-0.1, -0.05) is 0 Å². The number of nitrogens with one attached hydrogen (secondary N) is 1. The van der Waals surface area contributed by atoms with Crippen LogP contribution >= 0.6 is 11.3 Å². The molecule has 3 rings (SSSR count). The number of alkyl halides is 3. The van der Waals surface area contributed by atoms with E-state index in [1.54, 1.807) is 13.1 Å². The number of ketones is 1. The summed E-state index contributed by atoms with van der Waals surface area (Å²) in [6.45, 7) is 2.59. The van der Waals surface area contributed by atoms with Crippen molar-refractivity contribution in [1.82, 2.24) is 20.3 Å². The number of carbonyl (C=O) groups is 2. The van der Waals surface area contributed by atoms with Gasteiger partial charge in [-0.05, 0) is 26.0 Å². The van der Waals surface area contributed by atoms with E-state index in [2.05, 4.69) is 20.3 Å². The number of nitrogens with zero attached hydrogens (tertiary/aromatic N) is 3. The lowest BCUT2D eigenvalue weighted by molar-refractivity contribution is -0.145. The fraction of sp³-hybridized carbons (Fsp3) is 0.250. The molecule has 32 heavy (non-hydrogen) atoms. The standard InChI is InChI=1S/C20H16F4N4O3S/c1-10(29)9-31-13-3-14(16(21)15(4-13)18-26-5-11(2)32-18)17(30)25-6-12-7-27-19(28-8-12)20(22,23)24/h3-5,7-8H,6,9H2,1-2H3,(H,25,30). The van der Waals surface area contributed by atoms with Gasteiger partial charge >= 0.3 is 6.18 Å². The Bertz CT molecular complexity index is 1150. The molecular formula is C20H16F4N4O3S. The Morgan fingerprint density at radius 2 is 1.81 bits per heavy atom. The second-order valence-corrected chi connectivity index (χ2v) is 7.93. The molecule has 0 aliphatic heterocycles. The Balaban J connectivity index is 1.85. The minimum absolute atomic E-state index is 0.0205. The van der Waals surface area contributed by atoms with Crippen LogP contribution in [0.15, 0.2) is 30.7 Å². The highest BCUT2D eigenvalue weighted by molar-refractivity contribution is 7.14. The molecule has 1 N–H and O–H groups in total. The summed E-state index contributed by atoms with van der Waals surface area (Å²) in [5.41, 5.74) is -0.166. The van der Waals surface area contributed by atoms with Crippen LogP contribution in [-0.4, -0.2) is 33.2 Å². The molecule has 0 bridgehead atoms. The second-order valence-electron chi connectivity index (χ2n) is 6.69. The first-order valence-corrected chi connectivity index (χ1v) is 9.91. The molecule has 0 fully saturated rings. The number of Topliss-reactive ketones (excluding diaryl/α,β-unsaturated/α-hetero) is 1. The minimum atomic E-state index is -4.68. The minimum Gasteiger partial charge on any atom is -0.486 e. The Kier molecular flexibility index (Phi) is 6.82. The molecule has 1 amide bonds. The first kappa shape index (κ1) is 23.3. The van der Waals surface area contributed by atoms with Crippen molar-refractivity contribution >= 4 is 23.0 Å². The van der Waals surface area contributed by atoms with Crippen LogP contribution in [0.2, 0.25) is 0 Å². The Labute approximate surface area is 183 Å². The van der Waals surface area contributed by atoms with Gasteiger partial charge in [0.2, 0.25) is 5.82 Å². The van der Waals surface area contributed by atoms with Crippen molar-refractivity contribution in [1.29, 1.82) is 0 Å². The van der Waals surface area contributed by atoms with Gasteiger partial charge in [-0.15, -0.1) is 11.3 Å². The van der Waals surface area contributed by atoms with Crippen molar-refractivity contribution in [3.8, 4) is 16.3 Å². The van der Waals surface area contributed by atoms with Crippen molar-refractivity contribution in [2.75, 3.05) is 6.61 Å². The molecule has 168 valence electrons. The highest BCUT2D eigenvalue weighted by Gasteiger charge is 2.34. The summed E-state index contributed by atoms with van der Waals surface area (Å²) in [6, 6.07) is 2.48. The molecule has 3 aromatic rings. The summed E-state index contributed by atoms with van der Waals surface area (Å²) in [7, 11) is 0. The molecule has 0 radical (unpaired) electrons.